The summed E-state index contributed by atoms with van der Waals surface area (Å²) in [4.78, 5) is 18.4. The molecule has 0 aliphatic heterocycles. The average molecular weight is 457 g/mol. The Morgan fingerprint density at radius 3 is 2.48 bits per heavy atom. The lowest BCUT2D eigenvalue weighted by Crippen LogP contribution is -2.22. The van der Waals surface area contributed by atoms with Crippen LogP contribution in [0.2, 0.25) is 0 Å². The molecule has 0 radical (unpaired) electrons. The summed E-state index contributed by atoms with van der Waals surface area (Å²) in [5.41, 5.74) is 5.91. The van der Waals surface area contributed by atoms with Gasteiger partial charge in [0.25, 0.3) is 5.56 Å². The Morgan fingerprint density at radius 1 is 0.909 bits per heavy atom. The molecule has 0 atom stereocenters. The Hall–Kier alpha value is -3.64. The van der Waals surface area contributed by atoms with Gasteiger partial charge >= 0.3 is 0 Å². The zero-order valence-electron chi connectivity index (χ0n) is 18.8. The van der Waals surface area contributed by atoms with Crippen LogP contribution in [0.4, 0.5) is 0 Å². The van der Waals surface area contributed by atoms with E-state index in [1.165, 1.54) is 22.5 Å². The zero-order valence-corrected chi connectivity index (χ0v) is 19.6. The quantitative estimate of drug-likeness (QED) is 0.343. The fourth-order valence-corrected chi connectivity index (χ4v) is 4.97. The van der Waals surface area contributed by atoms with Crippen LogP contribution in [-0.2, 0) is 0 Å². The Morgan fingerprint density at radius 2 is 1.67 bits per heavy atom. The summed E-state index contributed by atoms with van der Waals surface area (Å²) in [6.45, 7) is 6.97. The first-order valence-corrected chi connectivity index (χ1v) is 11.7. The number of nitrogens with zero attached hydrogens (tertiary/aromatic N) is 2. The molecule has 0 saturated carbocycles. The fraction of sp³-hybridized carbons (Fsp3) is 0.185. The molecular weight excluding hydrogens is 432 g/mol. The number of imidazole rings is 1. The number of thiazole rings is 1. The molecule has 0 aliphatic carbocycles. The Labute approximate surface area is 195 Å². The minimum atomic E-state index is -0.0608. The van der Waals surface area contributed by atoms with Crippen molar-refractivity contribution in [1.82, 2.24) is 9.38 Å². The van der Waals surface area contributed by atoms with E-state index < -0.39 is 0 Å². The van der Waals surface area contributed by atoms with E-state index >= 15 is 0 Å². The lowest BCUT2D eigenvalue weighted by molar-refractivity contribution is 0.216. The Bertz CT molecular complexity index is 1560. The molecule has 6 heteroatoms. The highest BCUT2D eigenvalue weighted by molar-refractivity contribution is 7.15. The van der Waals surface area contributed by atoms with Gasteiger partial charge in [0, 0.05) is 5.56 Å². The number of para-hydroxylation sites is 2. The molecule has 5 rings (SSSR count). The Balaban J connectivity index is 1.40. The molecule has 33 heavy (non-hydrogen) atoms. The van der Waals surface area contributed by atoms with Crippen molar-refractivity contribution in [2.24, 2.45) is 0 Å². The lowest BCUT2D eigenvalue weighted by atomic mass is 10.1. The van der Waals surface area contributed by atoms with E-state index in [1.807, 2.05) is 67.6 Å². The van der Waals surface area contributed by atoms with Gasteiger partial charge in [0.15, 0.2) is 4.96 Å². The van der Waals surface area contributed by atoms with Crippen molar-refractivity contribution < 1.29 is 9.47 Å². The average Bonchev–Trinajstić information content (AvgIpc) is 3.28. The maximum absolute atomic E-state index is 13.1. The van der Waals surface area contributed by atoms with E-state index in [0.717, 1.165) is 33.7 Å². The maximum atomic E-state index is 13.1. The predicted molar refractivity (Wildman–Crippen MR) is 134 cm³/mol. The van der Waals surface area contributed by atoms with Crippen molar-refractivity contribution in [2.75, 3.05) is 13.2 Å². The number of hydrogen-bond acceptors (Lipinski definition) is 5. The number of rotatable bonds is 6. The molecule has 166 valence electrons. The number of hydrogen-bond donors (Lipinski definition) is 0. The van der Waals surface area contributed by atoms with Gasteiger partial charge in [0.2, 0.25) is 0 Å². The molecule has 0 saturated heterocycles. The summed E-state index contributed by atoms with van der Waals surface area (Å²) < 4.78 is 14.2. The van der Waals surface area contributed by atoms with Crippen LogP contribution in [-0.4, -0.2) is 22.6 Å². The molecular formula is C27H24N2O3S. The first-order valence-electron chi connectivity index (χ1n) is 10.8. The van der Waals surface area contributed by atoms with Crippen LogP contribution in [0.15, 0.2) is 65.5 Å². The van der Waals surface area contributed by atoms with Gasteiger partial charge in [-0.1, -0.05) is 41.2 Å². The summed E-state index contributed by atoms with van der Waals surface area (Å²) in [6.07, 6.45) is 1.89. The van der Waals surface area contributed by atoms with Crippen molar-refractivity contribution in [3.63, 3.8) is 0 Å². The van der Waals surface area contributed by atoms with Gasteiger partial charge in [-0.2, -0.15) is 0 Å². The number of ether oxygens (including phenoxy) is 2. The van der Waals surface area contributed by atoms with Gasteiger partial charge in [0.05, 0.1) is 15.6 Å². The van der Waals surface area contributed by atoms with Crippen LogP contribution in [0.1, 0.15) is 22.3 Å². The predicted octanol–water partition coefficient (Wildman–Crippen LogP) is 4.84. The summed E-state index contributed by atoms with van der Waals surface area (Å²) in [6, 6.07) is 19.8. The van der Waals surface area contributed by atoms with Crippen LogP contribution in [0, 0.1) is 20.8 Å². The molecule has 2 aromatic heterocycles. The highest BCUT2D eigenvalue weighted by Gasteiger charge is 2.11. The van der Waals surface area contributed by atoms with Gasteiger partial charge < -0.3 is 9.47 Å². The van der Waals surface area contributed by atoms with E-state index in [9.17, 15) is 4.79 Å². The summed E-state index contributed by atoms with van der Waals surface area (Å²) in [7, 11) is 0. The van der Waals surface area contributed by atoms with E-state index in [4.69, 9.17) is 9.47 Å². The second-order valence-electron chi connectivity index (χ2n) is 8.20. The second-order valence-corrected chi connectivity index (χ2v) is 9.21. The van der Waals surface area contributed by atoms with E-state index in [0.29, 0.717) is 22.7 Å². The Kier molecular flexibility index (Phi) is 5.60. The fourth-order valence-electron chi connectivity index (χ4n) is 3.99. The highest BCUT2D eigenvalue weighted by atomic mass is 32.1. The SMILES string of the molecule is Cc1cc(C)cc(OCCOc2ccc(C)cc2C=c2sc3nc4ccccc4n3c2=O)c1. The third kappa shape index (κ3) is 4.34. The monoisotopic (exact) mass is 456 g/mol. The van der Waals surface area contributed by atoms with E-state index in [1.54, 1.807) is 4.40 Å². The maximum Gasteiger partial charge on any atom is 0.274 e. The van der Waals surface area contributed by atoms with Gasteiger partial charge in [-0.05, 0) is 74.4 Å². The van der Waals surface area contributed by atoms with Crippen LogP contribution in [0.3, 0.4) is 0 Å². The third-order valence-corrected chi connectivity index (χ3v) is 6.37. The molecule has 3 aromatic carbocycles. The molecule has 5 nitrogen and oxygen atoms in total. The number of aryl methyl sites for hydroxylation is 3. The lowest BCUT2D eigenvalue weighted by Gasteiger charge is -2.12. The largest absolute Gasteiger partial charge is 0.490 e. The second kappa shape index (κ2) is 8.71. The van der Waals surface area contributed by atoms with Gasteiger partial charge in [-0.15, -0.1) is 0 Å². The van der Waals surface area contributed by atoms with E-state index in [2.05, 4.69) is 24.9 Å². The standard InChI is InChI=1S/C27H24N2O3S/c1-17-8-9-24(32-11-10-31-21-14-18(2)12-19(3)15-21)20(13-17)16-25-26(30)29-23-7-5-4-6-22(23)28-27(29)33-25/h4-9,12-16H,10-11H2,1-3H3. The van der Waals surface area contributed by atoms with Crippen molar-refractivity contribution in [2.45, 2.75) is 20.8 Å². The minimum absolute atomic E-state index is 0.0608. The van der Waals surface area contributed by atoms with Crippen molar-refractivity contribution in [1.29, 1.82) is 0 Å². The third-order valence-electron chi connectivity index (χ3n) is 5.40. The van der Waals surface area contributed by atoms with Gasteiger partial charge in [-0.25, -0.2) is 9.38 Å². The van der Waals surface area contributed by atoms with Gasteiger partial charge in [-0.3, -0.25) is 4.79 Å². The molecule has 0 aliphatic rings. The van der Waals surface area contributed by atoms with Crippen molar-refractivity contribution >= 4 is 33.4 Å². The normalized spacial score (nSPS) is 12.0. The minimum Gasteiger partial charge on any atom is -0.490 e. The summed E-state index contributed by atoms with van der Waals surface area (Å²) in [5, 5.41) is 0. The number of benzene rings is 3. The molecule has 0 N–H and O–H groups in total. The molecule has 5 aromatic rings. The zero-order chi connectivity index (χ0) is 22.9. The van der Waals surface area contributed by atoms with Gasteiger partial charge in [0.1, 0.15) is 24.7 Å². The smallest absolute Gasteiger partial charge is 0.274 e. The molecule has 0 amide bonds. The topological polar surface area (TPSA) is 52.8 Å². The molecule has 0 fully saturated rings. The van der Waals surface area contributed by atoms with Crippen molar-refractivity contribution in [3.05, 3.63) is 97.8 Å². The highest BCUT2D eigenvalue weighted by Crippen LogP contribution is 2.22. The molecule has 0 spiro atoms. The van der Waals surface area contributed by atoms with Crippen LogP contribution < -0.4 is 19.6 Å². The first-order chi connectivity index (χ1) is 16.0. The van der Waals surface area contributed by atoms with Crippen LogP contribution in [0.25, 0.3) is 22.1 Å². The summed E-state index contributed by atoms with van der Waals surface area (Å²) in [5.74, 6) is 1.57. The summed E-state index contributed by atoms with van der Waals surface area (Å²) >= 11 is 1.39. The van der Waals surface area contributed by atoms with Crippen molar-refractivity contribution in [3.8, 4) is 11.5 Å². The first kappa shape index (κ1) is 21.2. The molecule has 2 heterocycles. The number of aromatic nitrogens is 2. The molecule has 0 unspecified atom stereocenters. The van der Waals surface area contributed by atoms with Crippen LogP contribution in [0.5, 0.6) is 11.5 Å². The number of fused-ring (bicyclic) bond motifs is 3. The molecule has 0 bridgehead atoms. The van der Waals surface area contributed by atoms with Crippen LogP contribution >= 0.6 is 11.3 Å². The van der Waals surface area contributed by atoms with E-state index in [-0.39, 0.29) is 5.56 Å².